The summed E-state index contributed by atoms with van der Waals surface area (Å²) in [6, 6.07) is 0. The number of hydrogen-bond donors (Lipinski definition) is 1. The molecule has 1 N–H and O–H groups in total. The van der Waals surface area contributed by atoms with Crippen molar-refractivity contribution in [3.05, 3.63) is 12.7 Å². The summed E-state index contributed by atoms with van der Waals surface area (Å²) in [5.41, 5.74) is 0. The first-order valence-electron chi connectivity index (χ1n) is 2.48. The largest absolute Gasteiger partial charge is 0.294 e. The van der Waals surface area contributed by atoms with Crippen LogP contribution in [0.1, 0.15) is 6.92 Å². The highest BCUT2D eigenvalue weighted by Gasteiger charge is 1.73. The van der Waals surface area contributed by atoms with Crippen LogP contribution in [-0.4, -0.2) is 12.7 Å². The smallest absolute Gasteiger partial charge is 0.0166 e. The SMILES string of the molecule is C=CCNPCC. The van der Waals surface area contributed by atoms with Crippen molar-refractivity contribution in [3.8, 4) is 0 Å². The van der Waals surface area contributed by atoms with Gasteiger partial charge in [-0.25, -0.2) is 0 Å². The molecule has 0 spiro atoms. The summed E-state index contributed by atoms with van der Waals surface area (Å²) in [4.78, 5) is 0. The Morgan fingerprint density at radius 2 is 2.57 bits per heavy atom. The lowest BCUT2D eigenvalue weighted by Crippen LogP contribution is -1.98. The fraction of sp³-hybridized carbons (Fsp3) is 0.600. The summed E-state index contributed by atoms with van der Waals surface area (Å²) in [6.45, 7) is 6.69. The van der Waals surface area contributed by atoms with E-state index in [1.807, 2.05) is 6.08 Å². The monoisotopic (exact) mass is 117 g/mol. The highest BCUT2D eigenvalue weighted by atomic mass is 31.1. The van der Waals surface area contributed by atoms with Crippen LogP contribution in [0.4, 0.5) is 0 Å². The molecule has 42 valence electrons. The molecule has 0 aromatic heterocycles. The van der Waals surface area contributed by atoms with Gasteiger partial charge in [-0.3, -0.25) is 5.09 Å². The zero-order valence-electron chi connectivity index (χ0n) is 4.70. The second kappa shape index (κ2) is 6.13. The van der Waals surface area contributed by atoms with E-state index in [0.29, 0.717) is 0 Å². The Kier molecular flexibility index (Phi) is 6.24. The average Bonchev–Trinajstić information content (AvgIpc) is 1.69. The maximum absolute atomic E-state index is 3.57. The zero-order valence-corrected chi connectivity index (χ0v) is 5.70. The molecule has 0 radical (unpaired) electrons. The normalized spacial score (nSPS) is 10.4. The molecule has 0 fully saturated rings. The van der Waals surface area contributed by atoms with E-state index in [-0.39, 0.29) is 0 Å². The molecule has 0 aliphatic carbocycles. The van der Waals surface area contributed by atoms with Crippen LogP contribution in [0, 0.1) is 0 Å². The first kappa shape index (κ1) is 7.13. The minimum atomic E-state index is 0.900. The molecule has 0 aliphatic rings. The highest BCUT2D eigenvalue weighted by molar-refractivity contribution is 7.35. The molecular formula is C5H12NP. The van der Waals surface area contributed by atoms with Crippen molar-refractivity contribution in [2.75, 3.05) is 12.7 Å². The van der Waals surface area contributed by atoms with Gasteiger partial charge in [0.2, 0.25) is 0 Å². The number of hydrogen-bond acceptors (Lipinski definition) is 1. The van der Waals surface area contributed by atoms with Gasteiger partial charge in [-0.1, -0.05) is 21.7 Å². The van der Waals surface area contributed by atoms with Gasteiger partial charge in [-0.15, -0.1) is 6.58 Å². The van der Waals surface area contributed by atoms with Gasteiger partial charge in [-0.05, 0) is 6.16 Å². The topological polar surface area (TPSA) is 12.0 Å². The predicted molar refractivity (Wildman–Crippen MR) is 37.1 cm³/mol. The molecule has 2 heteroatoms. The van der Waals surface area contributed by atoms with Crippen molar-refractivity contribution >= 4 is 8.73 Å². The lowest BCUT2D eigenvalue weighted by molar-refractivity contribution is 1.12. The lowest BCUT2D eigenvalue weighted by Gasteiger charge is -1.93. The van der Waals surface area contributed by atoms with Gasteiger partial charge in [-0.2, -0.15) is 0 Å². The van der Waals surface area contributed by atoms with Crippen LogP contribution in [0.3, 0.4) is 0 Å². The van der Waals surface area contributed by atoms with Crippen LogP contribution in [0.2, 0.25) is 0 Å². The molecule has 0 heterocycles. The molecule has 0 rings (SSSR count). The van der Waals surface area contributed by atoms with E-state index in [9.17, 15) is 0 Å². The van der Waals surface area contributed by atoms with Gasteiger partial charge in [0.1, 0.15) is 0 Å². The van der Waals surface area contributed by atoms with E-state index >= 15 is 0 Å². The van der Waals surface area contributed by atoms with Crippen LogP contribution in [0.25, 0.3) is 0 Å². The third kappa shape index (κ3) is 6.13. The van der Waals surface area contributed by atoms with Crippen LogP contribution in [-0.2, 0) is 0 Å². The van der Waals surface area contributed by atoms with E-state index in [4.69, 9.17) is 0 Å². The van der Waals surface area contributed by atoms with E-state index < -0.39 is 0 Å². The highest BCUT2D eigenvalue weighted by Crippen LogP contribution is 1.97. The molecule has 0 saturated heterocycles. The molecule has 0 aromatic rings. The Morgan fingerprint density at radius 3 is 3.00 bits per heavy atom. The summed E-state index contributed by atoms with van der Waals surface area (Å²) < 4.78 is 0. The molecule has 0 aliphatic heterocycles. The Balaban J connectivity index is 2.56. The molecule has 0 bridgehead atoms. The lowest BCUT2D eigenvalue weighted by atomic mass is 10.7. The summed E-state index contributed by atoms with van der Waals surface area (Å²) in [5, 5.41) is 3.19. The van der Waals surface area contributed by atoms with Crippen molar-refractivity contribution in [1.82, 2.24) is 5.09 Å². The van der Waals surface area contributed by atoms with Gasteiger partial charge >= 0.3 is 0 Å². The molecule has 1 atom stereocenters. The Hall–Kier alpha value is 0.130. The van der Waals surface area contributed by atoms with Gasteiger partial charge in [0.15, 0.2) is 0 Å². The fourth-order valence-electron chi connectivity index (χ4n) is 0.269. The van der Waals surface area contributed by atoms with Crippen molar-refractivity contribution in [2.45, 2.75) is 6.92 Å². The maximum Gasteiger partial charge on any atom is 0.0166 e. The Morgan fingerprint density at radius 1 is 1.86 bits per heavy atom. The first-order chi connectivity index (χ1) is 3.41. The van der Waals surface area contributed by atoms with Gasteiger partial charge in [0.25, 0.3) is 0 Å². The molecular weight excluding hydrogens is 105 g/mol. The van der Waals surface area contributed by atoms with Crippen molar-refractivity contribution < 1.29 is 0 Å². The summed E-state index contributed by atoms with van der Waals surface area (Å²) in [6.07, 6.45) is 3.11. The summed E-state index contributed by atoms with van der Waals surface area (Å²) >= 11 is 0. The second-order valence-electron chi connectivity index (χ2n) is 1.20. The first-order valence-corrected chi connectivity index (χ1v) is 3.69. The summed E-state index contributed by atoms with van der Waals surface area (Å²) in [7, 11) is 0.900. The predicted octanol–water partition coefficient (Wildman–Crippen LogP) is 1.38. The molecule has 0 aromatic carbocycles. The molecule has 7 heavy (non-hydrogen) atoms. The molecule has 0 amide bonds. The third-order valence-corrected chi connectivity index (χ3v) is 1.36. The van der Waals surface area contributed by atoms with Crippen LogP contribution < -0.4 is 5.09 Å². The van der Waals surface area contributed by atoms with Crippen LogP contribution in [0.15, 0.2) is 12.7 Å². The molecule has 1 nitrogen and oxygen atoms in total. The third-order valence-electron chi connectivity index (χ3n) is 0.548. The van der Waals surface area contributed by atoms with E-state index in [0.717, 1.165) is 15.3 Å². The number of rotatable bonds is 4. The quantitative estimate of drug-likeness (QED) is 0.333. The van der Waals surface area contributed by atoms with Crippen molar-refractivity contribution in [1.29, 1.82) is 0 Å². The molecule has 1 unspecified atom stereocenters. The Bertz CT molecular complexity index is 45.3. The van der Waals surface area contributed by atoms with E-state index in [2.05, 4.69) is 18.6 Å². The number of nitrogens with one attached hydrogen (secondary N) is 1. The van der Waals surface area contributed by atoms with Gasteiger partial charge in [0, 0.05) is 6.54 Å². The minimum Gasteiger partial charge on any atom is -0.294 e. The maximum atomic E-state index is 3.57. The molecule has 0 saturated carbocycles. The Labute approximate surface area is 47.0 Å². The van der Waals surface area contributed by atoms with Crippen molar-refractivity contribution in [2.24, 2.45) is 0 Å². The minimum absolute atomic E-state index is 0.900. The van der Waals surface area contributed by atoms with Crippen molar-refractivity contribution in [3.63, 3.8) is 0 Å². The fourth-order valence-corrected chi connectivity index (χ4v) is 0.808. The second-order valence-corrected chi connectivity index (χ2v) is 2.61. The summed E-state index contributed by atoms with van der Waals surface area (Å²) in [5.74, 6) is 0. The zero-order chi connectivity index (χ0) is 5.54. The van der Waals surface area contributed by atoms with Gasteiger partial charge in [0.05, 0.1) is 0 Å². The average molecular weight is 117 g/mol. The van der Waals surface area contributed by atoms with Crippen LogP contribution in [0.5, 0.6) is 0 Å². The van der Waals surface area contributed by atoms with Crippen LogP contribution >= 0.6 is 8.73 Å². The van der Waals surface area contributed by atoms with Gasteiger partial charge < -0.3 is 0 Å². The van der Waals surface area contributed by atoms with E-state index in [1.165, 1.54) is 6.16 Å². The standard InChI is InChI=1S/C5H12NP/c1-3-5-6-7-4-2/h3,6-7H,1,4-5H2,2H3. The van der Waals surface area contributed by atoms with E-state index in [1.54, 1.807) is 0 Å².